The molecule has 0 N–H and O–H groups in total. The number of allylic oxidation sites excluding steroid dienone is 5. The minimum atomic E-state index is 0.137. The molecule has 1 heteroatoms. The molecule has 1 nitrogen and oxygen atoms in total. The van der Waals surface area contributed by atoms with Crippen molar-refractivity contribution in [3.63, 3.8) is 0 Å². The lowest BCUT2D eigenvalue weighted by Gasteiger charge is -2.03. The molecule has 90 valence electrons. The molecule has 0 fully saturated rings. The number of rotatable bonds is 9. The third kappa shape index (κ3) is 7.22. The molecule has 0 amide bonds. The summed E-state index contributed by atoms with van der Waals surface area (Å²) in [6.45, 7) is 7.83. The van der Waals surface area contributed by atoms with Crippen LogP contribution in [0.25, 0.3) is 0 Å². The van der Waals surface area contributed by atoms with E-state index in [2.05, 4.69) is 20.4 Å². The normalized spacial score (nSPS) is 12.0. The lowest BCUT2D eigenvalue weighted by molar-refractivity contribution is -0.111. The summed E-state index contributed by atoms with van der Waals surface area (Å²) in [6, 6.07) is 0. The zero-order valence-electron chi connectivity index (χ0n) is 10.7. The Hall–Kier alpha value is -1.11. The summed E-state index contributed by atoms with van der Waals surface area (Å²) in [7, 11) is 0. The second-order valence-corrected chi connectivity index (χ2v) is 3.91. The Balaban J connectivity index is 4.17. The molecule has 0 aromatic carbocycles. The largest absolute Gasteiger partial charge is 0.290 e. The van der Waals surface area contributed by atoms with Crippen LogP contribution in [0.4, 0.5) is 0 Å². The highest BCUT2D eigenvalue weighted by Crippen LogP contribution is 2.12. The molecule has 0 saturated heterocycles. The second kappa shape index (κ2) is 10.4. The smallest absolute Gasteiger partial charge is 0.181 e. The minimum Gasteiger partial charge on any atom is -0.290 e. The van der Waals surface area contributed by atoms with Crippen molar-refractivity contribution < 1.29 is 4.79 Å². The van der Waals surface area contributed by atoms with E-state index in [1.807, 2.05) is 6.08 Å². The van der Waals surface area contributed by atoms with E-state index in [9.17, 15) is 4.79 Å². The van der Waals surface area contributed by atoms with Crippen molar-refractivity contribution in [1.82, 2.24) is 0 Å². The van der Waals surface area contributed by atoms with Crippen LogP contribution in [0, 0.1) is 0 Å². The Morgan fingerprint density at radius 1 is 1.19 bits per heavy atom. The van der Waals surface area contributed by atoms with Crippen LogP contribution in [-0.2, 0) is 4.79 Å². The number of unbranched alkanes of at least 4 members (excludes halogenated alkanes) is 3. The number of carbonyl (C=O) groups is 1. The first-order chi connectivity index (χ1) is 7.76. The van der Waals surface area contributed by atoms with Crippen LogP contribution in [-0.4, -0.2) is 5.78 Å². The quantitative estimate of drug-likeness (QED) is 0.315. The molecule has 0 aliphatic heterocycles. The maximum Gasteiger partial charge on any atom is 0.181 e. The van der Waals surface area contributed by atoms with Gasteiger partial charge in [-0.15, -0.1) is 0 Å². The maximum atomic E-state index is 11.8. The summed E-state index contributed by atoms with van der Waals surface area (Å²) in [5.74, 6) is 0.137. The molecular formula is C15H24O. The Bertz CT molecular complexity index is 259. The van der Waals surface area contributed by atoms with Crippen LogP contribution >= 0.6 is 0 Å². The highest BCUT2D eigenvalue weighted by atomic mass is 16.1. The Morgan fingerprint density at radius 3 is 2.50 bits per heavy atom. The van der Waals surface area contributed by atoms with Crippen LogP contribution in [0.3, 0.4) is 0 Å². The fraction of sp³-hybridized carbons (Fsp3) is 0.533. The zero-order chi connectivity index (χ0) is 12.2. The van der Waals surface area contributed by atoms with Gasteiger partial charge in [-0.05, 0) is 30.9 Å². The first kappa shape index (κ1) is 14.9. The first-order valence-electron chi connectivity index (χ1n) is 6.28. The molecule has 0 heterocycles. The van der Waals surface area contributed by atoms with Crippen LogP contribution < -0.4 is 0 Å². The molecule has 0 saturated carbocycles. The van der Waals surface area contributed by atoms with E-state index in [0.717, 1.165) is 24.8 Å². The van der Waals surface area contributed by atoms with Crippen molar-refractivity contribution in [1.29, 1.82) is 0 Å². The van der Waals surface area contributed by atoms with Gasteiger partial charge in [-0.25, -0.2) is 0 Å². The summed E-state index contributed by atoms with van der Waals surface area (Å²) >= 11 is 0. The monoisotopic (exact) mass is 220 g/mol. The van der Waals surface area contributed by atoms with Gasteiger partial charge in [-0.1, -0.05) is 57.9 Å². The fourth-order valence-electron chi connectivity index (χ4n) is 1.58. The van der Waals surface area contributed by atoms with Gasteiger partial charge in [0.05, 0.1) is 0 Å². The molecule has 0 aliphatic rings. The average molecular weight is 220 g/mol. The molecule has 0 atom stereocenters. The fourth-order valence-corrected chi connectivity index (χ4v) is 1.58. The summed E-state index contributed by atoms with van der Waals surface area (Å²) in [5, 5.41) is 0. The van der Waals surface area contributed by atoms with E-state index in [1.54, 1.807) is 18.2 Å². The highest BCUT2D eigenvalue weighted by molar-refractivity contribution is 6.03. The highest BCUT2D eigenvalue weighted by Gasteiger charge is 2.04. The Kier molecular flexibility index (Phi) is 9.69. The van der Waals surface area contributed by atoms with Gasteiger partial charge < -0.3 is 0 Å². The van der Waals surface area contributed by atoms with Crippen LogP contribution in [0.1, 0.15) is 52.4 Å². The van der Waals surface area contributed by atoms with Crippen molar-refractivity contribution in [2.75, 3.05) is 0 Å². The molecular weight excluding hydrogens is 196 g/mol. The Labute approximate surface area is 99.9 Å². The van der Waals surface area contributed by atoms with Gasteiger partial charge in [0.2, 0.25) is 0 Å². The minimum absolute atomic E-state index is 0.137. The van der Waals surface area contributed by atoms with Crippen LogP contribution in [0.2, 0.25) is 0 Å². The van der Waals surface area contributed by atoms with Gasteiger partial charge >= 0.3 is 0 Å². The molecule has 0 radical (unpaired) electrons. The molecule has 0 aromatic rings. The number of ketones is 1. The molecule has 0 unspecified atom stereocenters. The van der Waals surface area contributed by atoms with E-state index < -0.39 is 0 Å². The van der Waals surface area contributed by atoms with Gasteiger partial charge in [-0.3, -0.25) is 4.79 Å². The number of hydrogen-bond acceptors (Lipinski definition) is 1. The van der Waals surface area contributed by atoms with Crippen molar-refractivity contribution >= 4 is 5.78 Å². The number of hydrogen-bond donors (Lipinski definition) is 0. The summed E-state index contributed by atoms with van der Waals surface area (Å²) in [4.78, 5) is 11.8. The van der Waals surface area contributed by atoms with Crippen molar-refractivity contribution in [3.8, 4) is 0 Å². The first-order valence-corrected chi connectivity index (χ1v) is 6.28. The van der Waals surface area contributed by atoms with E-state index >= 15 is 0 Å². The molecule has 0 spiro atoms. The average Bonchev–Trinajstić information content (AvgIpc) is 2.30. The third-order valence-electron chi connectivity index (χ3n) is 2.45. The van der Waals surface area contributed by atoms with Crippen molar-refractivity contribution in [3.05, 3.63) is 36.5 Å². The molecule has 16 heavy (non-hydrogen) atoms. The summed E-state index contributed by atoms with van der Waals surface area (Å²) in [5.41, 5.74) is 0.955. The van der Waals surface area contributed by atoms with E-state index in [0.29, 0.717) is 0 Å². The third-order valence-corrected chi connectivity index (χ3v) is 2.45. The predicted molar refractivity (Wildman–Crippen MR) is 71.5 cm³/mol. The van der Waals surface area contributed by atoms with Gasteiger partial charge in [-0.2, -0.15) is 0 Å². The molecule has 0 aliphatic carbocycles. The molecule has 0 bridgehead atoms. The van der Waals surface area contributed by atoms with E-state index in [-0.39, 0.29) is 5.78 Å². The van der Waals surface area contributed by atoms with Crippen LogP contribution in [0.5, 0.6) is 0 Å². The topological polar surface area (TPSA) is 17.1 Å². The second-order valence-electron chi connectivity index (χ2n) is 3.91. The van der Waals surface area contributed by atoms with Crippen molar-refractivity contribution in [2.45, 2.75) is 52.4 Å². The van der Waals surface area contributed by atoms with Crippen molar-refractivity contribution in [2.24, 2.45) is 0 Å². The predicted octanol–water partition coefficient (Wildman–Crippen LogP) is 4.60. The number of carbonyl (C=O) groups excluding carboxylic acids is 1. The lowest BCUT2D eigenvalue weighted by Crippen LogP contribution is -1.99. The SMILES string of the molecule is C=CC=CC(=O)C(=CCC)CCCCCC. The van der Waals surface area contributed by atoms with Gasteiger partial charge in [0, 0.05) is 0 Å². The summed E-state index contributed by atoms with van der Waals surface area (Å²) in [6.07, 6.45) is 13.7. The molecule has 0 aromatic heterocycles. The molecule has 0 rings (SSSR count). The zero-order valence-corrected chi connectivity index (χ0v) is 10.7. The van der Waals surface area contributed by atoms with Gasteiger partial charge in [0.1, 0.15) is 0 Å². The van der Waals surface area contributed by atoms with Crippen LogP contribution in [0.15, 0.2) is 36.5 Å². The maximum absolute atomic E-state index is 11.8. The van der Waals surface area contributed by atoms with Gasteiger partial charge in [0.25, 0.3) is 0 Å². The Morgan fingerprint density at radius 2 is 1.94 bits per heavy atom. The van der Waals surface area contributed by atoms with E-state index in [4.69, 9.17) is 0 Å². The lowest BCUT2D eigenvalue weighted by atomic mass is 10.0. The van der Waals surface area contributed by atoms with E-state index in [1.165, 1.54) is 19.3 Å². The standard InChI is InChI=1S/C15H24O/c1-4-7-9-10-12-14(11-6-3)15(16)13-8-5-2/h5,8,11,13H,2,4,6-7,9-10,12H2,1,3H3. The van der Waals surface area contributed by atoms with Gasteiger partial charge in [0.15, 0.2) is 5.78 Å². The summed E-state index contributed by atoms with van der Waals surface area (Å²) < 4.78 is 0.